The molecule has 0 aromatic carbocycles. The van der Waals surface area contributed by atoms with Gasteiger partial charge in [-0.15, -0.1) is 0 Å². The number of rotatable bonds is 12. The fourth-order valence-corrected chi connectivity index (χ4v) is 2.54. The van der Waals surface area contributed by atoms with Crippen molar-refractivity contribution in [1.82, 2.24) is 10.6 Å². The maximum absolute atomic E-state index is 10.5. The van der Waals surface area contributed by atoms with Crippen LogP contribution < -0.4 is 22.1 Å². The Kier molecular flexibility index (Phi) is 122. The first-order valence-electron chi connectivity index (χ1n) is 16.6. The zero-order chi connectivity index (χ0) is 51.4. The maximum atomic E-state index is 10.5. The quantitative estimate of drug-likeness (QED) is 0.0764. The van der Waals surface area contributed by atoms with E-state index in [0.717, 1.165) is 37.7 Å². The molecule has 360 valence electrons. The lowest BCUT2D eigenvalue weighted by Crippen LogP contribution is -2.27. The van der Waals surface area contributed by atoms with Crippen LogP contribution in [0.15, 0.2) is 0 Å². The Morgan fingerprint density at radius 1 is 0.433 bits per heavy atom. The highest BCUT2D eigenvalue weighted by molar-refractivity contribution is 8.15. The molecule has 60 heavy (non-hydrogen) atoms. The monoisotopic (exact) mass is 948 g/mol. The van der Waals surface area contributed by atoms with E-state index in [9.17, 15) is 57.5 Å². The van der Waals surface area contributed by atoms with Gasteiger partial charge in [0.1, 0.15) is 47.5 Å². The Morgan fingerprint density at radius 2 is 0.617 bits per heavy atom. The van der Waals surface area contributed by atoms with E-state index in [4.69, 9.17) is 10.2 Å². The average molecular weight is 949 g/mol. The van der Waals surface area contributed by atoms with Gasteiger partial charge in [-0.25, -0.2) is 0 Å². The zero-order valence-corrected chi connectivity index (χ0v) is 42.1. The lowest BCUT2D eigenvalue weighted by Gasteiger charge is -1.96. The number of thiol groups is 2. The van der Waals surface area contributed by atoms with Gasteiger partial charge in [0, 0.05) is 28.3 Å². The van der Waals surface area contributed by atoms with Crippen LogP contribution >= 0.6 is 48.8 Å². The van der Waals surface area contributed by atoms with Crippen molar-refractivity contribution in [3.05, 3.63) is 0 Å². The number of ketones is 6. The van der Waals surface area contributed by atoms with Gasteiger partial charge in [0.2, 0.25) is 11.8 Å². The van der Waals surface area contributed by atoms with Gasteiger partial charge in [0.05, 0.1) is 39.9 Å². The van der Waals surface area contributed by atoms with Gasteiger partial charge in [-0.3, -0.25) is 57.5 Å². The normalized spacial score (nSPS) is 7.33. The van der Waals surface area contributed by atoms with Crippen molar-refractivity contribution in [2.45, 2.75) is 80.1 Å². The van der Waals surface area contributed by atoms with E-state index in [1.807, 2.05) is 0 Å². The number of hydrogen-bond acceptors (Lipinski definition) is 22. The van der Waals surface area contributed by atoms with Crippen molar-refractivity contribution in [3.63, 3.8) is 0 Å². The second-order valence-electron chi connectivity index (χ2n) is 8.92. The van der Waals surface area contributed by atoms with E-state index >= 15 is 0 Å². The minimum absolute atomic E-state index is 0.0579. The highest BCUT2D eigenvalue weighted by atomic mass is 32.2. The first-order valence-corrected chi connectivity index (χ1v) is 20.8. The molecule has 24 heteroatoms. The number of hydrogen-bond donors (Lipinski definition) is 8. The summed E-state index contributed by atoms with van der Waals surface area (Å²) in [7, 11) is 10.4. The molecule has 0 saturated carbocycles. The zero-order valence-electron chi connectivity index (χ0n) is 38.7. The van der Waals surface area contributed by atoms with Crippen molar-refractivity contribution in [1.29, 1.82) is 0 Å². The molecule has 0 aromatic heterocycles. The predicted octanol–water partition coefficient (Wildman–Crippen LogP) is 0.869. The largest absolute Gasteiger partial charge is 0.469 e. The Bertz CT molecular complexity index is 903. The van der Waals surface area contributed by atoms with Crippen LogP contribution in [0.25, 0.3) is 0 Å². The summed E-state index contributed by atoms with van der Waals surface area (Å²) in [6.07, 6.45) is 6.65. The number of aliphatic hydroxyl groups is 2. The molecular formula is C36H76N4O16S4. The molecule has 0 saturated heterocycles. The summed E-state index contributed by atoms with van der Waals surface area (Å²) in [6, 6.07) is 0. The predicted molar refractivity (Wildman–Crippen MR) is 247 cm³/mol. The number of nitrogens with two attached hydrogens (primary N) is 2. The number of methoxy groups -OCH3 is 2. The second kappa shape index (κ2) is 83.2. The van der Waals surface area contributed by atoms with E-state index in [2.05, 4.69) is 56.8 Å². The van der Waals surface area contributed by atoms with E-state index in [1.165, 1.54) is 84.0 Å². The topological polar surface area (TPSA) is 340 Å². The molecule has 2 amide bonds. The summed E-state index contributed by atoms with van der Waals surface area (Å²) in [6.45, 7) is 8.42. The summed E-state index contributed by atoms with van der Waals surface area (Å²) in [5.41, 5.74) is 9.00. The molecule has 0 unspecified atom stereocenters. The fourth-order valence-electron chi connectivity index (χ4n) is 1.90. The number of thioether (sulfide) groups is 2. The van der Waals surface area contributed by atoms with Crippen LogP contribution in [0.2, 0.25) is 0 Å². The Hall–Kier alpha value is -3.52. The van der Waals surface area contributed by atoms with Gasteiger partial charge in [-0.2, -0.15) is 25.3 Å². The number of Topliss-reactive ketones (excluding diaryl/α,β-unsaturated/α-hetero) is 6. The lowest BCUT2D eigenvalue weighted by molar-refractivity contribution is -0.151. The minimum Gasteiger partial charge on any atom is -0.469 e. The molecule has 0 aliphatic heterocycles. The van der Waals surface area contributed by atoms with Crippen molar-refractivity contribution in [2.24, 2.45) is 11.5 Å². The molecule has 0 spiro atoms. The van der Waals surface area contributed by atoms with Crippen LogP contribution in [0.5, 0.6) is 0 Å². The SMILES string of the molecule is CC(=O)CC(C)=O.CC(=O)CC(C)=O.CC(=O)CC(C)=O.CN.CN.CNC(=O)CC(=O)NC.CO.CO.COC(=O)CC(=O)OC.CS.CS.CSC(=O)CC(=O)SC. The molecule has 20 nitrogen and oxygen atoms in total. The third-order valence-corrected chi connectivity index (χ3v) is 5.06. The van der Waals surface area contributed by atoms with Crippen molar-refractivity contribution in [2.75, 3.05) is 81.7 Å². The Morgan fingerprint density at radius 3 is 0.717 bits per heavy atom. The van der Waals surface area contributed by atoms with Crippen molar-refractivity contribution in [3.8, 4) is 0 Å². The number of aliphatic hydroxyl groups excluding tert-OH is 2. The maximum Gasteiger partial charge on any atom is 0.316 e. The number of ether oxygens (including phenoxy) is 2. The number of esters is 2. The van der Waals surface area contributed by atoms with E-state index in [1.54, 1.807) is 25.0 Å². The molecule has 0 aliphatic rings. The summed E-state index contributed by atoms with van der Waals surface area (Å²) in [4.78, 5) is 123. The molecule has 0 bridgehead atoms. The van der Waals surface area contributed by atoms with Crippen LogP contribution in [-0.2, 0) is 67.0 Å². The smallest absolute Gasteiger partial charge is 0.316 e. The molecule has 8 N–H and O–H groups in total. The van der Waals surface area contributed by atoms with E-state index in [0.29, 0.717) is 0 Å². The van der Waals surface area contributed by atoms with Gasteiger partial charge in [-0.1, -0.05) is 23.5 Å². The third kappa shape index (κ3) is 148. The van der Waals surface area contributed by atoms with Gasteiger partial charge in [0.15, 0.2) is 10.2 Å². The van der Waals surface area contributed by atoms with Crippen molar-refractivity contribution < 1.29 is 77.2 Å². The second-order valence-corrected chi connectivity index (χ2v) is 10.7. The van der Waals surface area contributed by atoms with E-state index in [-0.39, 0.29) is 95.3 Å². The molecule has 0 radical (unpaired) electrons. The number of carbonyl (C=O) groups excluding carboxylic acids is 12. The van der Waals surface area contributed by atoms with Crippen LogP contribution in [0.3, 0.4) is 0 Å². The molecule has 0 fully saturated rings. The van der Waals surface area contributed by atoms with Crippen LogP contribution in [0.4, 0.5) is 0 Å². The van der Waals surface area contributed by atoms with Gasteiger partial charge >= 0.3 is 11.9 Å². The summed E-state index contributed by atoms with van der Waals surface area (Å²) < 4.78 is 8.37. The highest BCUT2D eigenvalue weighted by Crippen LogP contribution is 2.05. The Balaban J connectivity index is -0.0000000439. The first kappa shape index (κ1) is 87.9. The molecule has 0 atom stereocenters. The Labute approximate surface area is 377 Å². The number of amides is 2. The van der Waals surface area contributed by atoms with Gasteiger partial charge in [0.25, 0.3) is 0 Å². The van der Waals surface area contributed by atoms with Crippen molar-refractivity contribution >= 4 is 117 Å². The van der Waals surface area contributed by atoms with Crippen LogP contribution in [0.1, 0.15) is 80.1 Å². The summed E-state index contributed by atoms with van der Waals surface area (Å²) >= 11 is 9.25. The van der Waals surface area contributed by atoms with Crippen LogP contribution in [0, 0.1) is 0 Å². The van der Waals surface area contributed by atoms with Gasteiger partial charge in [-0.05, 0) is 80.7 Å². The summed E-state index contributed by atoms with van der Waals surface area (Å²) in [5.74, 6) is -2.08. The average Bonchev–Trinajstić information content (AvgIpc) is 3.21. The van der Waals surface area contributed by atoms with Crippen LogP contribution in [-0.4, -0.2) is 161 Å². The lowest BCUT2D eigenvalue weighted by atomic mass is 10.2. The van der Waals surface area contributed by atoms with E-state index < -0.39 is 11.9 Å². The van der Waals surface area contributed by atoms with Gasteiger partial charge < -0.3 is 41.8 Å². The highest BCUT2D eigenvalue weighted by Gasteiger charge is 2.07. The molecule has 0 rings (SSSR count). The third-order valence-electron chi connectivity index (χ3n) is 3.86. The number of carbonyl (C=O) groups is 12. The minimum atomic E-state index is -0.582. The number of nitrogens with one attached hydrogen (secondary N) is 2. The molecule has 0 aliphatic carbocycles. The first-order chi connectivity index (χ1) is 28.0. The fraction of sp³-hybridized carbons (Fsp3) is 0.667. The standard InChI is InChI=1S/C5H10N2O2.C5H8O4.C5H8O2S2.3C5H8O2.2CH5N.2CH4O.2CH4S/c1-6-4(8)3-5(9)7-2;2*1-8-4(6)3-5(7)9-2;3*1-4(6)3-5(2)7;6*1-2/h3H2,1-2H3,(H,6,8)(H,7,9);2*3H2,1-2H3;3*3H2,1-2H3;2*2H2,1H3;4*2H,1H3. The molecular weight excluding hydrogens is 873 g/mol. The summed E-state index contributed by atoms with van der Waals surface area (Å²) in [5, 5.41) is 18.5. The molecule has 0 aromatic rings. The molecule has 0 heterocycles.